The second-order valence-corrected chi connectivity index (χ2v) is 6.51. The topological polar surface area (TPSA) is 78.0 Å². The van der Waals surface area contributed by atoms with Crippen LogP contribution in [0, 0.1) is 11.2 Å². The Balaban J connectivity index is 1.86. The zero-order valence-corrected chi connectivity index (χ0v) is 13.1. The fourth-order valence-electron chi connectivity index (χ4n) is 2.00. The standard InChI is InChI=1S/C16H22FN3O2/c1-16(2,3)12(21)9-18-14(22)8-7-13-19-11-6-4-5-10(17)15(11)20-13/h4-6,12,21H,7-9H2,1-3H3,(H,18,22)(H,19,20). The Bertz CT molecular complexity index is 661. The van der Waals surface area contributed by atoms with Gasteiger partial charge in [0.1, 0.15) is 11.3 Å². The summed E-state index contributed by atoms with van der Waals surface area (Å²) in [5.74, 6) is 0.0357. The van der Waals surface area contributed by atoms with Crippen molar-refractivity contribution in [3.05, 3.63) is 29.8 Å². The SMILES string of the molecule is CC(C)(C)C(O)CNC(=O)CCc1nc2c(F)cccc2[nH]1. The minimum atomic E-state index is -0.600. The average molecular weight is 307 g/mol. The van der Waals surface area contributed by atoms with Crippen molar-refractivity contribution in [1.29, 1.82) is 0 Å². The molecule has 22 heavy (non-hydrogen) atoms. The Hall–Kier alpha value is -1.95. The molecule has 0 fully saturated rings. The van der Waals surface area contributed by atoms with Crippen molar-refractivity contribution in [2.75, 3.05) is 6.54 Å². The number of aliphatic hydroxyl groups excluding tert-OH is 1. The molecule has 0 radical (unpaired) electrons. The van der Waals surface area contributed by atoms with Gasteiger partial charge in [-0.15, -0.1) is 0 Å². The molecule has 1 unspecified atom stereocenters. The predicted octanol–water partition coefficient (Wildman–Crippen LogP) is 2.16. The van der Waals surface area contributed by atoms with E-state index in [4.69, 9.17) is 0 Å². The summed E-state index contributed by atoms with van der Waals surface area (Å²) in [7, 11) is 0. The van der Waals surface area contributed by atoms with Gasteiger partial charge >= 0.3 is 0 Å². The van der Waals surface area contributed by atoms with Crippen molar-refractivity contribution < 1.29 is 14.3 Å². The van der Waals surface area contributed by atoms with Gasteiger partial charge in [0.15, 0.2) is 5.82 Å². The number of fused-ring (bicyclic) bond motifs is 1. The molecule has 5 nitrogen and oxygen atoms in total. The van der Waals surface area contributed by atoms with Crippen LogP contribution in [0.3, 0.4) is 0 Å². The molecule has 2 aromatic rings. The summed E-state index contributed by atoms with van der Waals surface area (Å²) in [5, 5.41) is 12.6. The van der Waals surface area contributed by atoms with Crippen molar-refractivity contribution in [3.8, 4) is 0 Å². The van der Waals surface area contributed by atoms with Crippen molar-refractivity contribution in [3.63, 3.8) is 0 Å². The number of rotatable bonds is 5. The zero-order chi connectivity index (χ0) is 16.3. The van der Waals surface area contributed by atoms with Crippen LogP contribution in [0.25, 0.3) is 11.0 Å². The number of benzene rings is 1. The summed E-state index contributed by atoms with van der Waals surface area (Å²) in [6.07, 6.45) is 0.0286. The highest BCUT2D eigenvalue weighted by Gasteiger charge is 2.22. The number of nitrogens with one attached hydrogen (secondary N) is 2. The molecule has 1 aromatic carbocycles. The van der Waals surface area contributed by atoms with Gasteiger partial charge in [0, 0.05) is 19.4 Å². The lowest BCUT2D eigenvalue weighted by molar-refractivity contribution is -0.121. The molecule has 2 rings (SSSR count). The van der Waals surface area contributed by atoms with E-state index in [1.165, 1.54) is 6.07 Å². The number of hydrogen-bond acceptors (Lipinski definition) is 3. The average Bonchev–Trinajstić information content (AvgIpc) is 2.86. The minimum absolute atomic E-state index is 0.163. The fraction of sp³-hybridized carbons (Fsp3) is 0.500. The third-order valence-electron chi connectivity index (χ3n) is 3.59. The number of aryl methyl sites for hydroxylation is 1. The highest BCUT2D eigenvalue weighted by Crippen LogP contribution is 2.18. The Morgan fingerprint density at radius 2 is 2.18 bits per heavy atom. The third-order valence-corrected chi connectivity index (χ3v) is 3.59. The van der Waals surface area contributed by atoms with E-state index in [1.54, 1.807) is 12.1 Å². The molecule has 0 aliphatic rings. The largest absolute Gasteiger partial charge is 0.391 e. The maximum Gasteiger partial charge on any atom is 0.220 e. The number of aromatic nitrogens is 2. The number of nitrogens with zero attached hydrogens (tertiary/aromatic N) is 1. The highest BCUT2D eigenvalue weighted by molar-refractivity contribution is 5.77. The third kappa shape index (κ3) is 4.04. The molecule has 0 bridgehead atoms. The Labute approximate surface area is 128 Å². The summed E-state index contributed by atoms with van der Waals surface area (Å²) in [5.41, 5.74) is 0.642. The van der Waals surface area contributed by atoms with Crippen LogP contribution < -0.4 is 5.32 Å². The lowest BCUT2D eigenvalue weighted by Crippen LogP contribution is -2.39. The van der Waals surface area contributed by atoms with Gasteiger partial charge in [-0.2, -0.15) is 0 Å². The number of aromatic amines is 1. The number of amides is 1. The molecule has 1 amide bonds. The van der Waals surface area contributed by atoms with Gasteiger partial charge in [0.05, 0.1) is 11.6 Å². The van der Waals surface area contributed by atoms with Gasteiger partial charge in [-0.3, -0.25) is 4.79 Å². The number of halogens is 1. The monoisotopic (exact) mass is 307 g/mol. The van der Waals surface area contributed by atoms with E-state index in [9.17, 15) is 14.3 Å². The first-order chi connectivity index (χ1) is 10.3. The Morgan fingerprint density at radius 1 is 1.45 bits per heavy atom. The molecule has 3 N–H and O–H groups in total. The molecule has 0 saturated carbocycles. The zero-order valence-electron chi connectivity index (χ0n) is 13.1. The van der Waals surface area contributed by atoms with Gasteiger partial charge in [-0.1, -0.05) is 26.8 Å². The van der Waals surface area contributed by atoms with E-state index in [2.05, 4.69) is 15.3 Å². The molecule has 0 aliphatic carbocycles. The fourth-order valence-corrected chi connectivity index (χ4v) is 2.00. The second-order valence-electron chi connectivity index (χ2n) is 6.51. The molecule has 120 valence electrons. The predicted molar refractivity (Wildman–Crippen MR) is 82.8 cm³/mol. The van der Waals surface area contributed by atoms with Crippen molar-refractivity contribution in [1.82, 2.24) is 15.3 Å². The molecule has 1 aromatic heterocycles. The molecule has 0 aliphatic heterocycles. The van der Waals surface area contributed by atoms with Crippen LogP contribution in [0.2, 0.25) is 0 Å². The van der Waals surface area contributed by atoms with Crippen LogP contribution in [-0.2, 0) is 11.2 Å². The number of carbonyl (C=O) groups excluding carboxylic acids is 1. The van der Waals surface area contributed by atoms with Crippen LogP contribution in [-0.4, -0.2) is 33.6 Å². The lowest BCUT2D eigenvalue weighted by atomic mass is 9.89. The lowest BCUT2D eigenvalue weighted by Gasteiger charge is -2.25. The van der Waals surface area contributed by atoms with E-state index < -0.39 is 6.10 Å². The van der Waals surface area contributed by atoms with Gasteiger partial charge in [0.25, 0.3) is 0 Å². The van der Waals surface area contributed by atoms with Crippen LogP contribution in [0.1, 0.15) is 33.0 Å². The molecule has 0 spiro atoms. The van der Waals surface area contributed by atoms with Crippen molar-refractivity contribution in [2.24, 2.45) is 5.41 Å². The van der Waals surface area contributed by atoms with Crippen molar-refractivity contribution in [2.45, 2.75) is 39.7 Å². The van der Waals surface area contributed by atoms with E-state index in [1.807, 2.05) is 20.8 Å². The summed E-state index contributed by atoms with van der Waals surface area (Å²) < 4.78 is 13.5. The van der Waals surface area contributed by atoms with Gasteiger partial charge < -0.3 is 15.4 Å². The van der Waals surface area contributed by atoms with E-state index in [-0.39, 0.29) is 30.1 Å². The first kappa shape index (κ1) is 16.4. The number of hydrogen-bond donors (Lipinski definition) is 3. The molecular formula is C16H22FN3O2. The number of para-hydroxylation sites is 1. The molecule has 0 saturated heterocycles. The highest BCUT2D eigenvalue weighted by atomic mass is 19.1. The molecule has 6 heteroatoms. The van der Waals surface area contributed by atoms with Crippen LogP contribution >= 0.6 is 0 Å². The van der Waals surface area contributed by atoms with Gasteiger partial charge in [-0.05, 0) is 17.5 Å². The Kier molecular flexibility index (Phi) is 4.81. The van der Waals surface area contributed by atoms with Crippen LogP contribution in [0.5, 0.6) is 0 Å². The maximum absolute atomic E-state index is 13.5. The second kappa shape index (κ2) is 6.44. The van der Waals surface area contributed by atoms with E-state index in [0.29, 0.717) is 23.3 Å². The minimum Gasteiger partial charge on any atom is -0.391 e. The smallest absolute Gasteiger partial charge is 0.220 e. The quantitative estimate of drug-likeness (QED) is 0.792. The summed E-state index contributed by atoms with van der Waals surface area (Å²) in [6, 6.07) is 4.71. The number of carbonyl (C=O) groups is 1. The first-order valence-electron chi connectivity index (χ1n) is 7.35. The van der Waals surface area contributed by atoms with Gasteiger partial charge in [-0.25, -0.2) is 9.37 Å². The summed E-state index contributed by atoms with van der Waals surface area (Å²) in [6.45, 7) is 5.95. The molecular weight excluding hydrogens is 285 g/mol. The normalized spacial score (nSPS) is 13.3. The molecule has 1 heterocycles. The van der Waals surface area contributed by atoms with Crippen LogP contribution in [0.4, 0.5) is 4.39 Å². The summed E-state index contributed by atoms with van der Waals surface area (Å²) in [4.78, 5) is 19.0. The van der Waals surface area contributed by atoms with E-state index >= 15 is 0 Å². The van der Waals surface area contributed by atoms with E-state index in [0.717, 1.165) is 0 Å². The molecule has 1 atom stereocenters. The number of H-pyrrole nitrogens is 1. The Morgan fingerprint density at radius 3 is 2.82 bits per heavy atom. The number of aliphatic hydroxyl groups is 1. The number of imidazole rings is 1. The van der Waals surface area contributed by atoms with Crippen molar-refractivity contribution >= 4 is 16.9 Å². The maximum atomic E-state index is 13.5. The van der Waals surface area contributed by atoms with Crippen LogP contribution in [0.15, 0.2) is 18.2 Å². The summed E-state index contributed by atoms with van der Waals surface area (Å²) >= 11 is 0. The van der Waals surface area contributed by atoms with Gasteiger partial charge in [0.2, 0.25) is 5.91 Å². The first-order valence-corrected chi connectivity index (χ1v) is 7.35.